The number of aromatic nitrogens is 1. The quantitative estimate of drug-likeness (QED) is 0.326. The number of benzene rings is 2. The zero-order valence-electron chi connectivity index (χ0n) is 21.1. The van der Waals surface area contributed by atoms with E-state index in [4.69, 9.17) is 0 Å². The Kier molecular flexibility index (Phi) is 7.20. The molecule has 0 spiro atoms. The summed E-state index contributed by atoms with van der Waals surface area (Å²) < 4.78 is 73.2. The predicted molar refractivity (Wildman–Crippen MR) is 136 cm³/mol. The molecule has 0 bridgehead atoms. The van der Waals surface area contributed by atoms with Crippen LogP contribution in [0.3, 0.4) is 0 Å². The lowest BCUT2D eigenvalue weighted by atomic mass is 9.87. The van der Waals surface area contributed by atoms with Crippen LogP contribution in [-0.2, 0) is 6.42 Å². The zero-order valence-corrected chi connectivity index (χ0v) is 21.1. The van der Waals surface area contributed by atoms with Crippen LogP contribution in [-0.4, -0.2) is 65.6 Å². The first-order chi connectivity index (χ1) is 17.7. The molecule has 1 saturated heterocycles. The van der Waals surface area contributed by atoms with Gasteiger partial charge in [0.1, 0.15) is 11.6 Å². The third kappa shape index (κ3) is 5.08. The monoisotopic (exact) mass is 520 g/mol. The number of H-pyrrole nitrogens is 1. The van der Waals surface area contributed by atoms with Crippen LogP contribution in [0.4, 0.5) is 27.6 Å². The van der Waals surface area contributed by atoms with Gasteiger partial charge in [-0.3, -0.25) is 14.2 Å². The van der Waals surface area contributed by atoms with Crippen LogP contribution in [0.15, 0.2) is 36.4 Å². The third-order valence-electron chi connectivity index (χ3n) is 7.74. The number of fused-ring (bicyclic) bond motifs is 3. The summed E-state index contributed by atoms with van der Waals surface area (Å²) in [5.41, 5.74) is 2.37. The van der Waals surface area contributed by atoms with Crippen molar-refractivity contribution >= 4 is 16.6 Å². The fraction of sp³-hybridized carbons (Fsp3) is 0.500. The number of rotatable bonds is 9. The van der Waals surface area contributed by atoms with Crippen LogP contribution in [0.5, 0.6) is 0 Å². The summed E-state index contributed by atoms with van der Waals surface area (Å²) in [5.74, 6) is -4.54. The molecule has 0 radical (unpaired) electrons. The maximum absolute atomic E-state index is 15.7. The van der Waals surface area contributed by atoms with Gasteiger partial charge in [0.25, 0.3) is 5.92 Å². The summed E-state index contributed by atoms with van der Waals surface area (Å²) in [6.07, 6.45) is 0.604. The van der Waals surface area contributed by atoms with Gasteiger partial charge in [-0.25, -0.2) is 17.6 Å². The second-order valence-corrected chi connectivity index (χ2v) is 10.4. The van der Waals surface area contributed by atoms with Crippen molar-refractivity contribution in [1.82, 2.24) is 14.8 Å². The van der Waals surface area contributed by atoms with Gasteiger partial charge in [-0.05, 0) is 43.5 Å². The summed E-state index contributed by atoms with van der Waals surface area (Å²) in [5, 5.41) is 4.09. The zero-order chi connectivity index (χ0) is 26.3. The molecule has 0 amide bonds. The number of likely N-dealkylation sites (tertiary alicyclic amines) is 1. The Morgan fingerprint density at radius 3 is 2.49 bits per heavy atom. The van der Waals surface area contributed by atoms with Gasteiger partial charge in [0.2, 0.25) is 0 Å². The number of nitrogens with one attached hydrogen (secondary N) is 2. The molecule has 2 N–H and O–H groups in total. The molecule has 37 heavy (non-hydrogen) atoms. The van der Waals surface area contributed by atoms with Crippen molar-refractivity contribution in [2.45, 2.75) is 57.2 Å². The maximum atomic E-state index is 15.7. The average molecular weight is 521 g/mol. The Hall–Kier alpha value is -2.65. The molecule has 1 aromatic heterocycles. The molecule has 2 aromatic carbocycles. The second-order valence-electron chi connectivity index (χ2n) is 10.4. The molecule has 0 saturated carbocycles. The molecule has 1 fully saturated rings. The summed E-state index contributed by atoms with van der Waals surface area (Å²) in [6.45, 7) is 4.28. The molecule has 2 atom stereocenters. The van der Waals surface area contributed by atoms with Crippen LogP contribution in [0.2, 0.25) is 0 Å². The number of para-hydroxylation sites is 1. The van der Waals surface area contributed by atoms with E-state index in [1.165, 1.54) is 24.0 Å². The molecular formula is C28H33F5N4. The van der Waals surface area contributed by atoms with Crippen molar-refractivity contribution < 1.29 is 22.0 Å². The molecule has 3 heterocycles. The van der Waals surface area contributed by atoms with E-state index in [9.17, 15) is 13.2 Å². The van der Waals surface area contributed by atoms with Gasteiger partial charge in [-0.15, -0.1) is 0 Å². The Balaban J connectivity index is 1.50. The minimum atomic E-state index is -3.00. The van der Waals surface area contributed by atoms with Crippen molar-refractivity contribution in [2.24, 2.45) is 0 Å². The highest BCUT2D eigenvalue weighted by atomic mass is 19.3. The molecule has 3 aromatic rings. The summed E-state index contributed by atoms with van der Waals surface area (Å²) >= 11 is 0. The number of alkyl halides is 3. The summed E-state index contributed by atoms with van der Waals surface area (Å²) in [7, 11) is 0. The van der Waals surface area contributed by atoms with Crippen molar-refractivity contribution in [3.8, 4) is 0 Å². The summed E-state index contributed by atoms with van der Waals surface area (Å²) in [4.78, 5) is 6.90. The van der Waals surface area contributed by atoms with Gasteiger partial charge in [-0.1, -0.05) is 25.1 Å². The molecule has 2 aliphatic heterocycles. The van der Waals surface area contributed by atoms with Crippen LogP contribution < -0.4 is 5.32 Å². The normalized spacial score (nSPS) is 21.3. The smallest absolute Gasteiger partial charge is 0.260 e. The Labute approximate surface area is 213 Å². The van der Waals surface area contributed by atoms with E-state index in [-0.39, 0.29) is 30.7 Å². The lowest BCUT2D eigenvalue weighted by molar-refractivity contribution is -0.0551. The highest BCUT2D eigenvalue weighted by Gasteiger charge is 2.43. The Morgan fingerprint density at radius 2 is 1.81 bits per heavy atom. The van der Waals surface area contributed by atoms with Crippen LogP contribution in [0.25, 0.3) is 10.9 Å². The number of aromatic amines is 1. The molecule has 5 rings (SSSR count). The van der Waals surface area contributed by atoms with E-state index in [2.05, 4.69) is 15.2 Å². The molecule has 0 unspecified atom stereocenters. The molecule has 0 aliphatic carbocycles. The summed E-state index contributed by atoms with van der Waals surface area (Å²) in [6, 6.07) is 8.74. The lowest BCUT2D eigenvalue weighted by Gasteiger charge is -2.42. The fourth-order valence-corrected chi connectivity index (χ4v) is 5.74. The fourth-order valence-electron chi connectivity index (χ4n) is 5.74. The second kappa shape index (κ2) is 10.3. The van der Waals surface area contributed by atoms with Gasteiger partial charge in [0.15, 0.2) is 0 Å². The first-order valence-corrected chi connectivity index (χ1v) is 13.0. The first kappa shape index (κ1) is 26.0. The van der Waals surface area contributed by atoms with Crippen molar-refractivity contribution in [1.29, 1.82) is 0 Å². The van der Waals surface area contributed by atoms with E-state index >= 15 is 8.78 Å². The van der Waals surface area contributed by atoms with Crippen molar-refractivity contribution in [3.63, 3.8) is 0 Å². The van der Waals surface area contributed by atoms with Crippen LogP contribution in [0, 0.1) is 11.6 Å². The topological polar surface area (TPSA) is 34.3 Å². The van der Waals surface area contributed by atoms with E-state index in [1.807, 2.05) is 31.2 Å². The Bertz CT molecular complexity index is 1230. The van der Waals surface area contributed by atoms with Gasteiger partial charge in [-0.2, -0.15) is 0 Å². The van der Waals surface area contributed by atoms with Gasteiger partial charge < -0.3 is 10.3 Å². The number of hydrogen-bond donors (Lipinski definition) is 2. The average Bonchev–Trinajstić information content (AvgIpc) is 3.19. The van der Waals surface area contributed by atoms with E-state index in [0.29, 0.717) is 43.9 Å². The molecule has 4 nitrogen and oxygen atoms in total. The largest absolute Gasteiger partial charge is 0.380 e. The van der Waals surface area contributed by atoms with Crippen molar-refractivity contribution in [2.75, 3.05) is 38.2 Å². The standard InChI is InChI=1S/C28H33F5N4/c1-3-28(32,33)16-37-17(2)11-21-20-7-4-5-8-24(20)35-26(21)27(37)25-22(30)12-18(13-23(25)31)34-19-14-36(15-19)10-6-9-29/h4-5,7-8,12-13,17,19,27,34-35H,3,6,9-11,14-16H2,1-2H3/t17-,27-/m1/s1. The van der Waals surface area contributed by atoms with E-state index < -0.39 is 30.1 Å². The minimum absolute atomic E-state index is 0.0130. The van der Waals surface area contributed by atoms with Gasteiger partial charge >= 0.3 is 0 Å². The third-order valence-corrected chi connectivity index (χ3v) is 7.74. The number of hydrogen-bond acceptors (Lipinski definition) is 3. The number of halogens is 5. The Morgan fingerprint density at radius 1 is 1.11 bits per heavy atom. The van der Waals surface area contributed by atoms with Crippen LogP contribution in [0.1, 0.15) is 49.6 Å². The van der Waals surface area contributed by atoms with E-state index in [1.54, 1.807) is 0 Å². The maximum Gasteiger partial charge on any atom is 0.260 e. The predicted octanol–water partition coefficient (Wildman–Crippen LogP) is 6.28. The molecule has 200 valence electrons. The lowest BCUT2D eigenvalue weighted by Crippen LogP contribution is -2.54. The SMILES string of the molecule is CCC(F)(F)CN1[C@H](c2c(F)cc(NC3CN(CCCF)C3)cc2F)c2[nH]c3ccccc3c2C[C@H]1C. The van der Waals surface area contributed by atoms with Crippen molar-refractivity contribution in [3.05, 3.63) is 64.9 Å². The molecular weight excluding hydrogens is 487 g/mol. The number of anilines is 1. The van der Waals surface area contributed by atoms with E-state index in [0.717, 1.165) is 16.5 Å². The molecule has 9 heteroatoms. The van der Waals surface area contributed by atoms with Crippen LogP contribution >= 0.6 is 0 Å². The number of nitrogens with zero attached hydrogens (tertiary/aromatic N) is 2. The van der Waals surface area contributed by atoms with Gasteiger partial charge in [0, 0.05) is 59.9 Å². The highest BCUT2D eigenvalue weighted by molar-refractivity contribution is 5.85. The minimum Gasteiger partial charge on any atom is -0.380 e. The molecule has 2 aliphatic rings. The highest BCUT2D eigenvalue weighted by Crippen LogP contribution is 2.44. The van der Waals surface area contributed by atoms with Gasteiger partial charge in [0.05, 0.1) is 25.3 Å². The first-order valence-electron chi connectivity index (χ1n) is 13.0.